The van der Waals surface area contributed by atoms with Crippen LogP contribution in [-0.2, 0) is 14.4 Å². The van der Waals surface area contributed by atoms with Crippen molar-refractivity contribution in [2.45, 2.75) is 43.3 Å². The molecule has 0 aromatic heterocycles. The lowest BCUT2D eigenvalue weighted by Crippen LogP contribution is -2.52. The maximum atomic E-state index is 13.4. The van der Waals surface area contributed by atoms with E-state index in [1.165, 1.54) is 16.7 Å². The summed E-state index contributed by atoms with van der Waals surface area (Å²) in [4.78, 5) is 43.5. The molecule has 7 heteroatoms. The quantitative estimate of drug-likeness (QED) is 0.740. The summed E-state index contributed by atoms with van der Waals surface area (Å²) in [5.74, 6) is -0.757. The Morgan fingerprint density at radius 1 is 1.03 bits per heavy atom. The summed E-state index contributed by atoms with van der Waals surface area (Å²) >= 11 is 1.29. The third-order valence-corrected chi connectivity index (χ3v) is 7.20. The van der Waals surface area contributed by atoms with E-state index in [1.807, 2.05) is 56.3 Å². The number of nitrogens with one attached hydrogen (secondary N) is 1. The molecule has 3 amide bonds. The van der Waals surface area contributed by atoms with Crippen LogP contribution >= 0.6 is 11.8 Å². The van der Waals surface area contributed by atoms with Gasteiger partial charge in [-0.2, -0.15) is 0 Å². The van der Waals surface area contributed by atoms with Gasteiger partial charge in [-0.3, -0.25) is 14.4 Å². The van der Waals surface area contributed by atoms with Gasteiger partial charge in [0.15, 0.2) is 5.25 Å². The van der Waals surface area contributed by atoms with Crippen LogP contribution in [0.5, 0.6) is 0 Å². The molecule has 1 N–H and O–H groups in total. The SMILES string of the molecule is Cc1cccc(NC(=O)CN2C(=O)[C@H](C(=O)N3CCCCC3)Sc3ccccc32)c1C. The number of aryl methyl sites for hydroxylation is 1. The highest BCUT2D eigenvalue weighted by Gasteiger charge is 2.41. The molecule has 2 aromatic carbocycles. The number of carbonyl (C=O) groups excluding carboxylic acids is 3. The molecule has 31 heavy (non-hydrogen) atoms. The molecule has 2 heterocycles. The van der Waals surface area contributed by atoms with Crippen molar-refractivity contribution in [3.05, 3.63) is 53.6 Å². The number of carbonyl (C=O) groups is 3. The number of benzene rings is 2. The van der Waals surface area contributed by atoms with Gasteiger partial charge >= 0.3 is 0 Å². The summed E-state index contributed by atoms with van der Waals surface area (Å²) in [7, 11) is 0. The number of amides is 3. The van der Waals surface area contributed by atoms with E-state index in [4.69, 9.17) is 0 Å². The summed E-state index contributed by atoms with van der Waals surface area (Å²) in [5.41, 5.74) is 3.49. The zero-order valence-corrected chi connectivity index (χ0v) is 18.7. The van der Waals surface area contributed by atoms with Gasteiger partial charge in [-0.25, -0.2) is 0 Å². The molecule has 0 saturated carbocycles. The van der Waals surface area contributed by atoms with Crippen molar-refractivity contribution in [2.24, 2.45) is 0 Å². The topological polar surface area (TPSA) is 69.7 Å². The van der Waals surface area contributed by atoms with Crippen LogP contribution < -0.4 is 10.2 Å². The Labute approximate surface area is 187 Å². The third kappa shape index (κ3) is 4.46. The van der Waals surface area contributed by atoms with E-state index in [0.29, 0.717) is 18.8 Å². The number of fused-ring (bicyclic) bond motifs is 1. The van der Waals surface area contributed by atoms with E-state index in [-0.39, 0.29) is 24.3 Å². The Morgan fingerprint density at radius 2 is 1.77 bits per heavy atom. The summed E-state index contributed by atoms with van der Waals surface area (Å²) in [6.07, 6.45) is 3.05. The number of rotatable bonds is 4. The molecule has 0 bridgehead atoms. The predicted octanol–water partition coefficient (Wildman–Crippen LogP) is 3.76. The summed E-state index contributed by atoms with van der Waals surface area (Å²) < 4.78 is 0. The van der Waals surface area contributed by atoms with Gasteiger partial charge in [-0.1, -0.05) is 24.3 Å². The molecule has 1 fully saturated rings. The van der Waals surface area contributed by atoms with Crippen molar-refractivity contribution < 1.29 is 14.4 Å². The molecule has 0 aliphatic carbocycles. The fourth-order valence-electron chi connectivity index (χ4n) is 4.04. The fraction of sp³-hybridized carbons (Fsp3) is 0.375. The van der Waals surface area contributed by atoms with Crippen molar-refractivity contribution in [1.82, 2.24) is 4.90 Å². The van der Waals surface area contributed by atoms with E-state index in [0.717, 1.165) is 41.0 Å². The number of hydrogen-bond donors (Lipinski definition) is 1. The molecular formula is C24H27N3O3S. The summed E-state index contributed by atoms with van der Waals surface area (Å²) in [6.45, 7) is 5.20. The van der Waals surface area contributed by atoms with Gasteiger partial charge in [0.1, 0.15) is 6.54 Å². The summed E-state index contributed by atoms with van der Waals surface area (Å²) in [5, 5.41) is 2.08. The summed E-state index contributed by atoms with van der Waals surface area (Å²) in [6, 6.07) is 13.2. The molecule has 162 valence electrons. The normalized spacial score (nSPS) is 18.5. The predicted molar refractivity (Wildman–Crippen MR) is 123 cm³/mol. The first-order chi connectivity index (χ1) is 15.0. The molecule has 0 radical (unpaired) electrons. The fourth-order valence-corrected chi connectivity index (χ4v) is 5.22. The molecule has 2 aliphatic heterocycles. The van der Waals surface area contributed by atoms with Gasteiger partial charge in [0, 0.05) is 23.7 Å². The highest BCUT2D eigenvalue weighted by molar-refractivity contribution is 8.01. The molecule has 0 unspecified atom stereocenters. The van der Waals surface area contributed by atoms with E-state index in [2.05, 4.69) is 5.32 Å². The maximum Gasteiger partial charge on any atom is 0.250 e. The van der Waals surface area contributed by atoms with Gasteiger partial charge in [0.05, 0.1) is 5.69 Å². The van der Waals surface area contributed by atoms with Crippen LogP contribution in [0.25, 0.3) is 0 Å². The second-order valence-corrected chi connectivity index (χ2v) is 9.22. The van der Waals surface area contributed by atoms with Gasteiger partial charge in [-0.15, -0.1) is 11.8 Å². The van der Waals surface area contributed by atoms with Gasteiger partial charge in [-0.05, 0) is 62.4 Å². The number of nitrogens with zero attached hydrogens (tertiary/aromatic N) is 2. The minimum Gasteiger partial charge on any atom is -0.341 e. The zero-order chi connectivity index (χ0) is 22.0. The van der Waals surface area contributed by atoms with Crippen molar-refractivity contribution in [3.63, 3.8) is 0 Å². The lowest BCUT2D eigenvalue weighted by Gasteiger charge is -2.36. The lowest BCUT2D eigenvalue weighted by molar-refractivity contribution is -0.135. The van der Waals surface area contributed by atoms with Gasteiger partial charge in [0.25, 0.3) is 5.91 Å². The smallest absolute Gasteiger partial charge is 0.250 e. The van der Waals surface area contributed by atoms with E-state index in [9.17, 15) is 14.4 Å². The van der Waals surface area contributed by atoms with Crippen LogP contribution in [0.1, 0.15) is 30.4 Å². The molecule has 1 saturated heterocycles. The second-order valence-electron chi connectivity index (χ2n) is 8.07. The Bertz CT molecular complexity index is 1020. The number of thioether (sulfide) groups is 1. The number of hydrogen-bond acceptors (Lipinski definition) is 4. The van der Waals surface area contributed by atoms with Crippen molar-refractivity contribution in [2.75, 3.05) is 29.9 Å². The molecular weight excluding hydrogens is 410 g/mol. The second kappa shape index (κ2) is 9.14. The van der Waals surface area contributed by atoms with Crippen molar-refractivity contribution in [1.29, 1.82) is 0 Å². The third-order valence-electron chi connectivity index (χ3n) is 5.96. The highest BCUT2D eigenvalue weighted by atomic mass is 32.2. The molecule has 2 aliphatic rings. The van der Waals surface area contributed by atoms with Gasteiger partial charge in [0.2, 0.25) is 11.8 Å². The largest absolute Gasteiger partial charge is 0.341 e. The van der Waals surface area contributed by atoms with E-state index < -0.39 is 5.25 Å². The first-order valence-corrected chi connectivity index (χ1v) is 11.6. The average molecular weight is 438 g/mol. The minimum atomic E-state index is -0.846. The monoisotopic (exact) mass is 437 g/mol. The van der Waals surface area contributed by atoms with Crippen molar-refractivity contribution in [3.8, 4) is 0 Å². The Morgan fingerprint density at radius 3 is 2.55 bits per heavy atom. The van der Waals surface area contributed by atoms with Gasteiger partial charge < -0.3 is 15.1 Å². The molecule has 4 rings (SSSR count). The number of piperidine rings is 1. The number of para-hydroxylation sites is 1. The minimum absolute atomic E-state index is 0.131. The highest BCUT2D eigenvalue weighted by Crippen LogP contribution is 2.40. The van der Waals surface area contributed by atoms with Crippen LogP contribution in [0.4, 0.5) is 11.4 Å². The standard InChI is InChI=1S/C24H27N3O3S/c1-16-9-8-10-18(17(16)2)25-21(28)15-27-19-11-4-5-12-20(19)31-22(24(27)30)23(29)26-13-6-3-7-14-26/h4-5,8-12,22H,3,6-7,13-15H2,1-2H3,(H,25,28)/t22-/m0/s1. The number of anilines is 2. The zero-order valence-electron chi connectivity index (χ0n) is 17.9. The molecule has 2 aromatic rings. The van der Waals surface area contributed by atoms with Crippen LogP contribution in [0.3, 0.4) is 0 Å². The van der Waals surface area contributed by atoms with Crippen LogP contribution in [0.15, 0.2) is 47.4 Å². The lowest BCUT2D eigenvalue weighted by atomic mass is 10.1. The average Bonchev–Trinajstić information content (AvgIpc) is 2.79. The Kier molecular flexibility index (Phi) is 6.32. The molecule has 1 atom stereocenters. The van der Waals surface area contributed by atoms with Crippen LogP contribution in [0, 0.1) is 13.8 Å². The van der Waals surface area contributed by atoms with Crippen LogP contribution in [0.2, 0.25) is 0 Å². The maximum absolute atomic E-state index is 13.4. The van der Waals surface area contributed by atoms with E-state index >= 15 is 0 Å². The number of likely N-dealkylation sites (tertiary alicyclic amines) is 1. The first-order valence-electron chi connectivity index (χ1n) is 10.7. The van der Waals surface area contributed by atoms with E-state index in [1.54, 1.807) is 4.90 Å². The molecule has 0 spiro atoms. The molecule has 6 nitrogen and oxygen atoms in total. The Balaban J connectivity index is 1.56. The first kappa shape index (κ1) is 21.4. The van der Waals surface area contributed by atoms with Crippen molar-refractivity contribution >= 4 is 40.9 Å². The van der Waals surface area contributed by atoms with Crippen LogP contribution in [-0.4, -0.2) is 47.5 Å². The Hall–Kier alpha value is -2.80.